The first-order chi connectivity index (χ1) is 15.8. The number of hydrogen-bond acceptors (Lipinski definition) is 7. The van der Waals surface area contributed by atoms with Crippen LogP contribution in [0.5, 0.6) is 5.75 Å². The fourth-order valence-electron chi connectivity index (χ4n) is 3.28. The van der Waals surface area contributed by atoms with Crippen molar-refractivity contribution in [2.45, 2.75) is 51.2 Å². The van der Waals surface area contributed by atoms with Crippen LogP contribution in [0.15, 0.2) is 40.2 Å². The molecule has 1 aliphatic rings. The summed E-state index contributed by atoms with van der Waals surface area (Å²) in [6.07, 6.45) is -0.00572. The number of fused-ring (bicyclic) bond motifs is 1. The lowest BCUT2D eigenvalue weighted by Crippen LogP contribution is -2.49. The van der Waals surface area contributed by atoms with Gasteiger partial charge in [0.25, 0.3) is 15.6 Å². The summed E-state index contributed by atoms with van der Waals surface area (Å²) in [5.74, 6) is -0.0835. The second-order valence-electron chi connectivity index (χ2n) is 8.89. The Hall–Kier alpha value is -3.54. The van der Waals surface area contributed by atoms with Gasteiger partial charge in [-0.25, -0.2) is 13.2 Å². The van der Waals surface area contributed by atoms with Crippen molar-refractivity contribution >= 4 is 33.4 Å². The Morgan fingerprint density at radius 2 is 1.97 bits per heavy atom. The van der Waals surface area contributed by atoms with Gasteiger partial charge in [0, 0.05) is 18.8 Å². The number of anilines is 2. The molecule has 0 saturated carbocycles. The fraction of sp³-hybridized carbons (Fsp3) is 0.409. The number of aryl methyl sites for hydroxylation is 1. The van der Waals surface area contributed by atoms with E-state index in [0.29, 0.717) is 5.56 Å². The second-order valence-corrected chi connectivity index (χ2v) is 10.7. The van der Waals surface area contributed by atoms with Crippen LogP contribution >= 0.6 is 0 Å². The molecule has 1 aliphatic heterocycles. The van der Waals surface area contributed by atoms with E-state index in [2.05, 4.69) is 15.6 Å². The molecule has 0 spiro atoms. The Kier molecular flexibility index (Phi) is 6.92. The van der Waals surface area contributed by atoms with Crippen LogP contribution in [0.1, 0.15) is 33.3 Å². The van der Waals surface area contributed by atoms with E-state index in [4.69, 9.17) is 9.47 Å². The lowest BCUT2D eigenvalue weighted by atomic mass is 10.2. The van der Waals surface area contributed by atoms with Crippen molar-refractivity contribution in [3.8, 4) is 5.75 Å². The van der Waals surface area contributed by atoms with Crippen LogP contribution in [-0.4, -0.2) is 50.2 Å². The molecule has 11 nitrogen and oxygen atoms in total. The molecule has 0 radical (unpaired) electrons. The third-order valence-corrected chi connectivity index (χ3v) is 6.48. The Morgan fingerprint density at radius 3 is 2.62 bits per heavy atom. The molecule has 184 valence electrons. The maximum Gasteiger partial charge on any atom is 0.412 e. The molecule has 1 aromatic carbocycles. The number of benzene rings is 1. The van der Waals surface area contributed by atoms with Gasteiger partial charge in [0.05, 0.1) is 18.8 Å². The normalized spacial score (nSPS) is 15.7. The molecule has 0 fully saturated rings. The third-order valence-electron chi connectivity index (χ3n) is 4.70. The van der Waals surface area contributed by atoms with Crippen molar-refractivity contribution in [2.24, 2.45) is 0 Å². The molecule has 1 unspecified atom stereocenters. The molecule has 2 aromatic rings. The van der Waals surface area contributed by atoms with Crippen LogP contribution in [0.4, 0.5) is 16.2 Å². The molecule has 1 atom stereocenters. The van der Waals surface area contributed by atoms with E-state index in [1.54, 1.807) is 27.7 Å². The van der Waals surface area contributed by atoms with E-state index in [-0.39, 0.29) is 36.1 Å². The van der Waals surface area contributed by atoms with E-state index in [1.807, 2.05) is 0 Å². The Labute approximate surface area is 197 Å². The zero-order valence-corrected chi connectivity index (χ0v) is 20.4. The van der Waals surface area contributed by atoms with Crippen LogP contribution in [0.25, 0.3) is 0 Å². The van der Waals surface area contributed by atoms with Crippen molar-refractivity contribution in [3.05, 3.63) is 46.4 Å². The van der Waals surface area contributed by atoms with Crippen LogP contribution < -0.4 is 25.2 Å². The van der Waals surface area contributed by atoms with Gasteiger partial charge in [0.1, 0.15) is 17.5 Å². The Bertz CT molecular complexity index is 1260. The average molecular weight is 493 g/mol. The van der Waals surface area contributed by atoms with Crippen molar-refractivity contribution in [3.63, 3.8) is 0 Å². The van der Waals surface area contributed by atoms with E-state index in [0.717, 1.165) is 4.31 Å². The topological polar surface area (TPSA) is 147 Å². The zero-order chi connectivity index (χ0) is 25.3. The van der Waals surface area contributed by atoms with Gasteiger partial charge in [-0.3, -0.25) is 19.2 Å². The van der Waals surface area contributed by atoms with Gasteiger partial charge in [-0.1, -0.05) is 0 Å². The van der Waals surface area contributed by atoms with Crippen molar-refractivity contribution in [2.75, 3.05) is 22.7 Å². The minimum atomic E-state index is -4.32. The maximum atomic E-state index is 13.6. The van der Waals surface area contributed by atoms with Crippen LogP contribution in [0.3, 0.4) is 0 Å². The molecule has 12 heteroatoms. The van der Waals surface area contributed by atoms with Crippen molar-refractivity contribution in [1.29, 1.82) is 0 Å². The average Bonchev–Trinajstić information content (AvgIpc) is 2.71. The van der Waals surface area contributed by atoms with Gasteiger partial charge in [-0.2, -0.15) is 0 Å². The number of pyridine rings is 1. The number of nitrogens with zero attached hydrogens (tertiary/aromatic N) is 1. The summed E-state index contributed by atoms with van der Waals surface area (Å²) < 4.78 is 39.3. The number of amides is 2. The largest absolute Gasteiger partial charge is 0.484 e. The van der Waals surface area contributed by atoms with Gasteiger partial charge in [0.15, 0.2) is 4.90 Å². The van der Waals surface area contributed by atoms with E-state index < -0.39 is 38.3 Å². The highest BCUT2D eigenvalue weighted by Gasteiger charge is 2.36. The minimum Gasteiger partial charge on any atom is -0.484 e. The Morgan fingerprint density at radius 1 is 1.26 bits per heavy atom. The van der Waals surface area contributed by atoms with Gasteiger partial charge < -0.3 is 19.8 Å². The van der Waals surface area contributed by atoms with Crippen LogP contribution in [-0.2, 0) is 19.6 Å². The number of aromatic nitrogens is 1. The lowest BCUT2D eigenvalue weighted by molar-refractivity contribution is -0.119. The molecule has 3 rings (SSSR count). The van der Waals surface area contributed by atoms with Crippen LogP contribution in [0.2, 0.25) is 0 Å². The molecule has 1 aromatic heterocycles. The predicted molar refractivity (Wildman–Crippen MR) is 126 cm³/mol. The van der Waals surface area contributed by atoms with Crippen molar-refractivity contribution in [1.82, 2.24) is 10.3 Å². The van der Waals surface area contributed by atoms with Gasteiger partial charge in [-0.05, 0) is 57.5 Å². The number of hydrogen-bond donors (Lipinski definition) is 3. The number of carbonyl (C=O) groups excluding carboxylic acids is 2. The number of rotatable bonds is 5. The highest BCUT2D eigenvalue weighted by atomic mass is 32.2. The minimum absolute atomic E-state index is 0.0584. The molecule has 2 amide bonds. The van der Waals surface area contributed by atoms with Gasteiger partial charge in [-0.15, -0.1) is 0 Å². The number of H-pyrrole nitrogens is 1. The number of carbonyl (C=O) groups is 2. The van der Waals surface area contributed by atoms with E-state index >= 15 is 0 Å². The van der Waals surface area contributed by atoms with Crippen molar-refractivity contribution < 1.29 is 27.5 Å². The highest BCUT2D eigenvalue weighted by molar-refractivity contribution is 7.92. The monoisotopic (exact) mass is 492 g/mol. The molecule has 34 heavy (non-hydrogen) atoms. The standard InChI is InChI=1S/C22H28N4O7S/c1-13-8-19(20(28)24-10-13)34(30,31)26-12-16(11-23-14(2)27)32-18-7-6-15(9-17(18)26)25-21(29)33-22(3,4)5/h6-10,16H,11-12H2,1-5H3,(H,23,27)(H,24,28)(H,25,29). The third kappa shape index (κ3) is 5.87. The summed E-state index contributed by atoms with van der Waals surface area (Å²) in [5.41, 5.74) is -0.523. The highest BCUT2D eigenvalue weighted by Crippen LogP contribution is 2.38. The maximum absolute atomic E-state index is 13.6. The van der Waals surface area contributed by atoms with E-state index in [1.165, 1.54) is 37.4 Å². The fourth-order valence-corrected chi connectivity index (χ4v) is 4.91. The number of sulfonamides is 1. The molecule has 0 saturated heterocycles. The predicted octanol–water partition coefficient (Wildman–Crippen LogP) is 2.12. The molecule has 3 N–H and O–H groups in total. The summed E-state index contributed by atoms with van der Waals surface area (Å²) in [4.78, 5) is 38.0. The SMILES string of the molecule is CC(=O)NCC1CN(S(=O)(=O)c2cc(C)c[nH]c2=O)c2cc(NC(=O)OC(C)(C)C)ccc2O1. The molecule has 0 aliphatic carbocycles. The number of nitrogens with one attached hydrogen (secondary N) is 3. The summed E-state index contributed by atoms with van der Waals surface area (Å²) in [7, 11) is -4.32. The Balaban J connectivity index is 2.03. The summed E-state index contributed by atoms with van der Waals surface area (Å²) in [6, 6.07) is 5.75. The summed E-state index contributed by atoms with van der Waals surface area (Å²) in [5, 5.41) is 5.18. The van der Waals surface area contributed by atoms with Crippen LogP contribution in [0, 0.1) is 6.92 Å². The summed E-state index contributed by atoms with van der Waals surface area (Å²) in [6.45, 7) is 8.04. The second kappa shape index (κ2) is 9.37. The van der Waals surface area contributed by atoms with Gasteiger partial charge >= 0.3 is 6.09 Å². The molecular weight excluding hydrogens is 464 g/mol. The van der Waals surface area contributed by atoms with Gasteiger partial charge in [0.2, 0.25) is 5.91 Å². The number of ether oxygens (including phenoxy) is 2. The molecule has 0 bridgehead atoms. The molecular formula is C22H28N4O7S. The van der Waals surface area contributed by atoms with E-state index in [9.17, 15) is 22.8 Å². The zero-order valence-electron chi connectivity index (χ0n) is 19.6. The molecule has 2 heterocycles. The first kappa shape index (κ1) is 25.1. The first-order valence-corrected chi connectivity index (χ1v) is 12.0. The smallest absolute Gasteiger partial charge is 0.412 e. The lowest BCUT2D eigenvalue weighted by Gasteiger charge is -2.35. The first-order valence-electron chi connectivity index (χ1n) is 10.5. The summed E-state index contributed by atoms with van der Waals surface area (Å²) >= 11 is 0. The quantitative estimate of drug-likeness (QED) is 0.579. The number of aromatic amines is 1.